The van der Waals surface area contributed by atoms with Crippen molar-refractivity contribution in [1.82, 2.24) is 15.1 Å². The van der Waals surface area contributed by atoms with Gasteiger partial charge in [-0.15, -0.1) is 0 Å². The highest BCUT2D eigenvalue weighted by molar-refractivity contribution is 5.18. The lowest BCUT2D eigenvalue weighted by Gasteiger charge is -2.24. The minimum atomic E-state index is 0.662. The quantitative estimate of drug-likeness (QED) is 0.757. The third kappa shape index (κ3) is 3.82. The Morgan fingerprint density at radius 1 is 1.21 bits per heavy atom. The van der Waals surface area contributed by atoms with Crippen molar-refractivity contribution in [2.24, 2.45) is 0 Å². The van der Waals surface area contributed by atoms with E-state index < -0.39 is 0 Å². The number of aromatic nitrogens is 2. The van der Waals surface area contributed by atoms with Gasteiger partial charge in [-0.2, -0.15) is 5.10 Å². The molecule has 1 fully saturated rings. The summed E-state index contributed by atoms with van der Waals surface area (Å²) in [5.41, 5.74) is 2.90. The van der Waals surface area contributed by atoms with Crippen LogP contribution in [0.2, 0.25) is 0 Å². The first-order valence-corrected chi connectivity index (χ1v) is 8.12. The average molecular weight is 263 g/mol. The van der Waals surface area contributed by atoms with Crippen LogP contribution in [0.15, 0.2) is 6.20 Å². The molecule has 0 unspecified atom stereocenters. The fourth-order valence-electron chi connectivity index (χ4n) is 3.12. The maximum absolute atomic E-state index is 4.71. The van der Waals surface area contributed by atoms with Crippen LogP contribution in [0.1, 0.15) is 76.1 Å². The summed E-state index contributed by atoms with van der Waals surface area (Å²) in [6, 6.07) is 0.662. The van der Waals surface area contributed by atoms with E-state index in [0.29, 0.717) is 6.04 Å². The van der Waals surface area contributed by atoms with Crippen LogP contribution in [0, 0.1) is 0 Å². The monoisotopic (exact) mass is 263 g/mol. The van der Waals surface area contributed by atoms with Crippen LogP contribution in [0.4, 0.5) is 0 Å². The van der Waals surface area contributed by atoms with Crippen molar-refractivity contribution in [3.8, 4) is 0 Å². The predicted molar refractivity (Wildman–Crippen MR) is 80.3 cm³/mol. The summed E-state index contributed by atoms with van der Waals surface area (Å²) in [5.74, 6) is 0. The maximum atomic E-state index is 4.71. The van der Waals surface area contributed by atoms with Crippen molar-refractivity contribution in [3.63, 3.8) is 0 Å². The Balaban J connectivity index is 2.08. The fourth-order valence-corrected chi connectivity index (χ4v) is 3.12. The van der Waals surface area contributed by atoms with Gasteiger partial charge >= 0.3 is 0 Å². The molecule has 1 heterocycles. The molecule has 0 bridgehead atoms. The van der Waals surface area contributed by atoms with Crippen LogP contribution in [-0.4, -0.2) is 16.3 Å². The molecule has 0 saturated heterocycles. The molecule has 1 aromatic heterocycles. The van der Waals surface area contributed by atoms with Gasteiger partial charge in [-0.25, -0.2) is 0 Å². The Kier molecular flexibility index (Phi) is 5.90. The number of nitrogens with zero attached hydrogens (tertiary/aromatic N) is 2. The molecule has 108 valence electrons. The van der Waals surface area contributed by atoms with Crippen molar-refractivity contribution < 1.29 is 0 Å². The van der Waals surface area contributed by atoms with Gasteiger partial charge < -0.3 is 5.32 Å². The van der Waals surface area contributed by atoms with Crippen molar-refractivity contribution in [2.45, 2.75) is 77.8 Å². The minimum absolute atomic E-state index is 0.662. The van der Waals surface area contributed by atoms with Gasteiger partial charge in [0.2, 0.25) is 0 Å². The second-order valence-electron chi connectivity index (χ2n) is 5.78. The second-order valence-corrected chi connectivity index (χ2v) is 5.78. The van der Waals surface area contributed by atoms with Crippen LogP contribution in [0.5, 0.6) is 0 Å². The Morgan fingerprint density at radius 3 is 2.68 bits per heavy atom. The summed E-state index contributed by atoms with van der Waals surface area (Å²) >= 11 is 0. The highest BCUT2D eigenvalue weighted by Crippen LogP contribution is 2.29. The van der Waals surface area contributed by atoms with Crippen LogP contribution >= 0.6 is 0 Å². The van der Waals surface area contributed by atoms with E-state index >= 15 is 0 Å². The van der Waals surface area contributed by atoms with Crippen LogP contribution in [0.25, 0.3) is 0 Å². The maximum Gasteiger partial charge on any atom is 0.0537 e. The molecule has 0 atom stereocenters. The lowest BCUT2D eigenvalue weighted by atomic mass is 9.95. The first-order valence-electron chi connectivity index (χ1n) is 8.12. The number of hydrogen-bond donors (Lipinski definition) is 1. The molecule has 1 saturated carbocycles. The fraction of sp³-hybridized carbons (Fsp3) is 0.812. The van der Waals surface area contributed by atoms with Crippen molar-refractivity contribution in [3.05, 3.63) is 17.5 Å². The topological polar surface area (TPSA) is 29.9 Å². The van der Waals surface area contributed by atoms with E-state index in [4.69, 9.17) is 5.10 Å². The molecule has 19 heavy (non-hydrogen) atoms. The van der Waals surface area contributed by atoms with Crippen molar-refractivity contribution >= 4 is 0 Å². The van der Waals surface area contributed by atoms with Crippen molar-refractivity contribution in [2.75, 3.05) is 6.54 Å². The molecule has 3 nitrogen and oxygen atoms in total. The molecular weight excluding hydrogens is 234 g/mol. The van der Waals surface area contributed by atoms with Gasteiger partial charge in [-0.05, 0) is 32.2 Å². The smallest absolute Gasteiger partial charge is 0.0537 e. The number of hydrogen-bond acceptors (Lipinski definition) is 2. The lowest BCUT2D eigenvalue weighted by molar-refractivity contribution is 0.321. The summed E-state index contributed by atoms with van der Waals surface area (Å²) in [6.45, 7) is 6.56. The number of nitrogens with one attached hydrogen (secondary N) is 1. The van der Waals surface area contributed by atoms with E-state index in [-0.39, 0.29) is 0 Å². The molecule has 0 aliphatic heterocycles. The molecule has 1 N–H and O–H groups in total. The molecule has 0 spiro atoms. The van der Waals surface area contributed by atoms with E-state index in [1.54, 1.807) is 0 Å². The largest absolute Gasteiger partial charge is 0.313 e. The standard InChI is InChI=1S/C16H29N3/c1-3-8-16-14(12-17-11-4-2)13-18-19(16)15-9-6-5-7-10-15/h13,15,17H,3-12H2,1-2H3. The summed E-state index contributed by atoms with van der Waals surface area (Å²) in [5, 5.41) is 8.23. The highest BCUT2D eigenvalue weighted by Gasteiger charge is 2.20. The zero-order valence-electron chi connectivity index (χ0n) is 12.6. The first kappa shape index (κ1) is 14.6. The van der Waals surface area contributed by atoms with E-state index in [1.807, 2.05) is 0 Å². The molecule has 0 aromatic carbocycles. The van der Waals surface area contributed by atoms with Crippen LogP contribution in [-0.2, 0) is 13.0 Å². The Bertz CT molecular complexity index is 364. The molecular formula is C16H29N3. The zero-order valence-corrected chi connectivity index (χ0v) is 12.6. The number of rotatable bonds is 7. The Morgan fingerprint density at radius 2 is 2.00 bits per heavy atom. The van der Waals surface area contributed by atoms with E-state index in [1.165, 1.54) is 62.6 Å². The third-order valence-corrected chi connectivity index (χ3v) is 4.13. The van der Waals surface area contributed by atoms with Gasteiger partial charge in [0.1, 0.15) is 0 Å². The van der Waals surface area contributed by atoms with E-state index in [0.717, 1.165) is 13.1 Å². The highest BCUT2D eigenvalue weighted by atomic mass is 15.3. The third-order valence-electron chi connectivity index (χ3n) is 4.13. The zero-order chi connectivity index (χ0) is 13.5. The predicted octanol–water partition coefficient (Wildman–Crippen LogP) is 3.84. The van der Waals surface area contributed by atoms with Gasteiger partial charge in [0, 0.05) is 17.8 Å². The van der Waals surface area contributed by atoms with Gasteiger partial charge in [0.15, 0.2) is 0 Å². The SMILES string of the molecule is CCCNCc1cnn(C2CCCCC2)c1CCC. The van der Waals surface area contributed by atoms with Gasteiger partial charge in [-0.1, -0.05) is 39.5 Å². The Labute approximate surface area is 117 Å². The molecule has 0 radical (unpaired) electrons. The van der Waals surface area contributed by atoms with Gasteiger partial charge in [0.25, 0.3) is 0 Å². The molecule has 2 rings (SSSR count). The summed E-state index contributed by atoms with van der Waals surface area (Å²) in [7, 11) is 0. The molecule has 1 aliphatic carbocycles. The first-order chi connectivity index (χ1) is 9.36. The summed E-state index contributed by atoms with van der Waals surface area (Å²) in [6.07, 6.45) is 12.5. The Hall–Kier alpha value is -0.830. The van der Waals surface area contributed by atoms with Gasteiger partial charge in [-0.3, -0.25) is 4.68 Å². The molecule has 3 heteroatoms. The van der Waals surface area contributed by atoms with E-state index in [2.05, 4.69) is 30.0 Å². The molecule has 1 aromatic rings. The average Bonchev–Trinajstić information content (AvgIpc) is 2.84. The molecule has 1 aliphatic rings. The minimum Gasteiger partial charge on any atom is -0.313 e. The molecule has 0 amide bonds. The van der Waals surface area contributed by atoms with Gasteiger partial charge in [0.05, 0.1) is 12.2 Å². The summed E-state index contributed by atoms with van der Waals surface area (Å²) < 4.78 is 2.35. The van der Waals surface area contributed by atoms with Crippen LogP contribution in [0.3, 0.4) is 0 Å². The second kappa shape index (κ2) is 7.68. The van der Waals surface area contributed by atoms with Crippen LogP contribution < -0.4 is 5.32 Å². The van der Waals surface area contributed by atoms with Crippen molar-refractivity contribution in [1.29, 1.82) is 0 Å². The normalized spacial score (nSPS) is 16.9. The lowest BCUT2D eigenvalue weighted by Crippen LogP contribution is -2.19. The summed E-state index contributed by atoms with van der Waals surface area (Å²) in [4.78, 5) is 0. The van der Waals surface area contributed by atoms with E-state index in [9.17, 15) is 0 Å².